The van der Waals surface area contributed by atoms with E-state index in [4.69, 9.17) is 5.73 Å². The molecule has 23 heavy (non-hydrogen) atoms. The van der Waals surface area contributed by atoms with E-state index in [1.165, 1.54) is 0 Å². The Morgan fingerprint density at radius 1 is 1.39 bits per heavy atom. The number of carbonyl (C=O) groups excluding carboxylic acids is 1. The van der Waals surface area contributed by atoms with Gasteiger partial charge in [-0.2, -0.15) is 0 Å². The Bertz CT molecular complexity index is 667. The second-order valence-electron chi connectivity index (χ2n) is 6.48. The first kappa shape index (κ1) is 16.0. The van der Waals surface area contributed by atoms with Crippen LogP contribution in [0.15, 0.2) is 30.5 Å². The van der Waals surface area contributed by atoms with Gasteiger partial charge in [0, 0.05) is 23.0 Å². The fourth-order valence-electron chi connectivity index (χ4n) is 3.70. The van der Waals surface area contributed by atoms with Gasteiger partial charge < -0.3 is 21.1 Å². The highest BCUT2D eigenvalue weighted by Crippen LogP contribution is 2.31. The van der Waals surface area contributed by atoms with Gasteiger partial charge in [0.25, 0.3) is 0 Å². The number of aromatic amines is 1. The number of fused-ring (bicyclic) bond motifs is 1. The van der Waals surface area contributed by atoms with Crippen LogP contribution in [0.25, 0.3) is 10.9 Å². The number of carbonyl (C=O) groups is 1. The van der Waals surface area contributed by atoms with Crippen LogP contribution in [-0.4, -0.2) is 35.2 Å². The minimum atomic E-state index is -0.263. The van der Waals surface area contributed by atoms with Gasteiger partial charge in [-0.1, -0.05) is 24.6 Å². The molecule has 0 spiro atoms. The third kappa shape index (κ3) is 3.41. The molecule has 2 aromatic rings. The molecule has 3 atom stereocenters. The number of benzene rings is 1. The van der Waals surface area contributed by atoms with Crippen LogP contribution >= 0.6 is 0 Å². The van der Waals surface area contributed by atoms with E-state index in [2.05, 4.69) is 16.4 Å². The number of amides is 1. The van der Waals surface area contributed by atoms with Crippen LogP contribution in [-0.2, 0) is 11.2 Å². The summed E-state index contributed by atoms with van der Waals surface area (Å²) >= 11 is 0. The minimum Gasteiger partial charge on any atom is -0.394 e. The van der Waals surface area contributed by atoms with Crippen molar-refractivity contribution in [2.75, 3.05) is 13.2 Å². The summed E-state index contributed by atoms with van der Waals surface area (Å²) in [6.07, 6.45) is 5.57. The number of rotatable bonds is 6. The number of hydrogen-bond acceptors (Lipinski definition) is 3. The van der Waals surface area contributed by atoms with Gasteiger partial charge in [-0.05, 0) is 43.4 Å². The van der Waals surface area contributed by atoms with Gasteiger partial charge in [-0.15, -0.1) is 0 Å². The Balaban J connectivity index is 1.67. The number of nitrogens with two attached hydrogens (primary N) is 1. The van der Waals surface area contributed by atoms with Crippen molar-refractivity contribution in [1.82, 2.24) is 10.3 Å². The van der Waals surface area contributed by atoms with Crippen molar-refractivity contribution >= 4 is 16.8 Å². The minimum absolute atomic E-state index is 0.00276. The van der Waals surface area contributed by atoms with Crippen LogP contribution in [0.1, 0.15) is 24.8 Å². The molecule has 0 aliphatic heterocycles. The number of aliphatic hydroxyl groups excluding tert-OH is 1. The number of aromatic nitrogens is 1. The zero-order valence-electron chi connectivity index (χ0n) is 13.3. The first-order valence-corrected chi connectivity index (χ1v) is 8.39. The van der Waals surface area contributed by atoms with E-state index >= 15 is 0 Å². The summed E-state index contributed by atoms with van der Waals surface area (Å²) in [5.74, 6) is 0.316. The molecule has 0 bridgehead atoms. The first-order valence-electron chi connectivity index (χ1n) is 8.39. The van der Waals surface area contributed by atoms with Crippen molar-refractivity contribution in [3.63, 3.8) is 0 Å². The summed E-state index contributed by atoms with van der Waals surface area (Å²) in [6.45, 7) is 0.496. The molecule has 1 amide bonds. The zero-order chi connectivity index (χ0) is 16.2. The maximum Gasteiger partial charge on any atom is 0.223 e. The predicted octanol–water partition coefficient (Wildman–Crippen LogP) is 1.56. The van der Waals surface area contributed by atoms with Crippen LogP contribution in [0.2, 0.25) is 0 Å². The third-order valence-corrected chi connectivity index (χ3v) is 5.01. The lowest BCUT2D eigenvalue weighted by molar-refractivity contribution is -0.127. The second kappa shape index (κ2) is 7.15. The normalized spacial score (nSPS) is 22.3. The number of aliphatic hydroxyl groups is 1. The van der Waals surface area contributed by atoms with E-state index in [0.717, 1.165) is 35.7 Å². The average molecular weight is 315 g/mol. The molecule has 0 saturated heterocycles. The van der Waals surface area contributed by atoms with Gasteiger partial charge in [-0.25, -0.2) is 0 Å². The number of para-hydroxylation sites is 1. The number of H-pyrrole nitrogens is 1. The Labute approximate surface area is 136 Å². The summed E-state index contributed by atoms with van der Waals surface area (Å²) in [5.41, 5.74) is 7.95. The maximum atomic E-state index is 12.5. The lowest BCUT2D eigenvalue weighted by Gasteiger charge is -2.22. The van der Waals surface area contributed by atoms with Crippen LogP contribution in [0.4, 0.5) is 0 Å². The van der Waals surface area contributed by atoms with Crippen molar-refractivity contribution in [3.8, 4) is 0 Å². The topological polar surface area (TPSA) is 91.1 Å². The molecule has 3 unspecified atom stereocenters. The molecule has 1 aliphatic carbocycles. The van der Waals surface area contributed by atoms with Crippen molar-refractivity contribution in [1.29, 1.82) is 0 Å². The SMILES string of the molecule is NCC1CCCC1C(=O)NC(CO)Cc1c[nH]c2ccccc12. The van der Waals surface area contributed by atoms with Crippen molar-refractivity contribution < 1.29 is 9.90 Å². The molecule has 124 valence electrons. The molecule has 3 rings (SSSR count). The molecule has 5 N–H and O–H groups in total. The molecule has 1 aliphatic rings. The lowest BCUT2D eigenvalue weighted by Crippen LogP contribution is -2.44. The van der Waals surface area contributed by atoms with E-state index in [-0.39, 0.29) is 30.4 Å². The average Bonchev–Trinajstić information content (AvgIpc) is 3.21. The van der Waals surface area contributed by atoms with E-state index in [0.29, 0.717) is 13.0 Å². The van der Waals surface area contributed by atoms with E-state index in [1.807, 2.05) is 24.4 Å². The van der Waals surface area contributed by atoms with E-state index < -0.39 is 0 Å². The van der Waals surface area contributed by atoms with Crippen molar-refractivity contribution in [2.45, 2.75) is 31.7 Å². The number of nitrogens with one attached hydrogen (secondary N) is 2. The van der Waals surface area contributed by atoms with Crippen molar-refractivity contribution in [3.05, 3.63) is 36.0 Å². The fraction of sp³-hybridized carbons (Fsp3) is 0.500. The van der Waals surface area contributed by atoms with Gasteiger partial charge in [0.1, 0.15) is 0 Å². The highest BCUT2D eigenvalue weighted by atomic mass is 16.3. The molecule has 1 heterocycles. The molecule has 5 heteroatoms. The molecule has 5 nitrogen and oxygen atoms in total. The van der Waals surface area contributed by atoms with Gasteiger partial charge in [0.2, 0.25) is 5.91 Å². The van der Waals surface area contributed by atoms with Gasteiger partial charge in [-0.3, -0.25) is 4.79 Å². The maximum absolute atomic E-state index is 12.5. The van der Waals surface area contributed by atoms with Crippen molar-refractivity contribution in [2.24, 2.45) is 17.6 Å². The largest absolute Gasteiger partial charge is 0.394 e. The Morgan fingerprint density at radius 2 is 2.22 bits per heavy atom. The van der Waals surface area contributed by atoms with Crippen LogP contribution in [0.5, 0.6) is 0 Å². The quantitative estimate of drug-likeness (QED) is 0.652. The predicted molar refractivity (Wildman–Crippen MR) is 90.9 cm³/mol. The second-order valence-corrected chi connectivity index (χ2v) is 6.48. The smallest absolute Gasteiger partial charge is 0.223 e. The highest BCUT2D eigenvalue weighted by molar-refractivity contribution is 5.83. The Hall–Kier alpha value is -1.85. The zero-order valence-corrected chi connectivity index (χ0v) is 13.3. The molecule has 0 radical (unpaired) electrons. The summed E-state index contributed by atoms with van der Waals surface area (Å²) in [7, 11) is 0. The summed E-state index contributed by atoms with van der Waals surface area (Å²) in [4.78, 5) is 15.7. The summed E-state index contributed by atoms with van der Waals surface area (Å²) in [6, 6.07) is 7.80. The molecule has 1 fully saturated rings. The van der Waals surface area contributed by atoms with E-state index in [1.54, 1.807) is 0 Å². The molecule has 1 aromatic heterocycles. The van der Waals surface area contributed by atoms with Crippen LogP contribution in [0, 0.1) is 11.8 Å². The summed E-state index contributed by atoms with van der Waals surface area (Å²) < 4.78 is 0. The monoisotopic (exact) mass is 315 g/mol. The van der Waals surface area contributed by atoms with Crippen LogP contribution < -0.4 is 11.1 Å². The van der Waals surface area contributed by atoms with Gasteiger partial charge in [0.15, 0.2) is 0 Å². The standard InChI is InChI=1S/C18H25N3O2/c19-9-12-4-3-6-16(12)18(23)21-14(11-22)8-13-10-20-17-7-2-1-5-15(13)17/h1-2,5,7,10,12,14,16,20,22H,3-4,6,8-9,11,19H2,(H,21,23). The Kier molecular flexibility index (Phi) is 4.98. The van der Waals surface area contributed by atoms with E-state index in [9.17, 15) is 9.90 Å². The lowest BCUT2D eigenvalue weighted by atomic mass is 9.94. The van der Waals surface area contributed by atoms with Gasteiger partial charge >= 0.3 is 0 Å². The van der Waals surface area contributed by atoms with Crippen LogP contribution in [0.3, 0.4) is 0 Å². The summed E-state index contributed by atoms with van der Waals surface area (Å²) in [5, 5.41) is 13.8. The first-order chi connectivity index (χ1) is 11.2. The highest BCUT2D eigenvalue weighted by Gasteiger charge is 2.32. The number of hydrogen-bond donors (Lipinski definition) is 4. The molecular weight excluding hydrogens is 290 g/mol. The Morgan fingerprint density at radius 3 is 3.00 bits per heavy atom. The fourth-order valence-corrected chi connectivity index (χ4v) is 3.70. The molecular formula is C18H25N3O2. The van der Waals surface area contributed by atoms with Gasteiger partial charge in [0.05, 0.1) is 12.6 Å². The third-order valence-electron chi connectivity index (χ3n) is 5.01. The molecule has 1 aromatic carbocycles. The molecule has 1 saturated carbocycles.